The first-order valence-electron chi connectivity index (χ1n) is 6.02. The summed E-state index contributed by atoms with van der Waals surface area (Å²) in [5, 5.41) is 17.0. The van der Waals surface area contributed by atoms with Crippen LogP contribution in [0.1, 0.15) is 18.6 Å². The lowest BCUT2D eigenvalue weighted by molar-refractivity contribution is 0.678. The van der Waals surface area contributed by atoms with E-state index in [1.807, 2.05) is 9.13 Å². The Morgan fingerprint density at radius 3 is 2.89 bits per heavy atom. The zero-order valence-electron chi connectivity index (χ0n) is 10.9. The molecule has 0 radical (unpaired) electrons. The van der Waals surface area contributed by atoms with Gasteiger partial charge in [-0.2, -0.15) is 0 Å². The number of allylic oxidation sites excluding steroid dienone is 1. The third kappa shape index (κ3) is 3.02. The van der Waals surface area contributed by atoms with Crippen LogP contribution in [0.5, 0.6) is 0 Å². The Kier molecular flexibility index (Phi) is 4.69. The average molecular weight is 279 g/mol. The molecule has 0 aromatic carbocycles. The number of aryl methyl sites for hydroxylation is 1. The molecule has 2 N–H and O–H groups in total. The molecule has 2 heterocycles. The standard InChI is InChI=1S/C11H17N7S/c1-3-5-18-9(6-12)15-16-11(18)19-7-10-14-13-8-17(10)4-2/h3,8H,1,4-7,12H2,2H3. The second-order valence-corrected chi connectivity index (χ2v) is 4.77. The minimum atomic E-state index is 0.368. The van der Waals surface area contributed by atoms with Crippen molar-refractivity contribution in [3.8, 4) is 0 Å². The fourth-order valence-corrected chi connectivity index (χ4v) is 2.59. The SMILES string of the molecule is C=CCn1c(CN)nnc1SCc1nncn1CC. The highest BCUT2D eigenvalue weighted by Crippen LogP contribution is 2.21. The van der Waals surface area contributed by atoms with E-state index in [0.717, 1.165) is 23.4 Å². The predicted octanol–water partition coefficient (Wildman–Crippen LogP) is 0.826. The topological polar surface area (TPSA) is 87.4 Å². The van der Waals surface area contributed by atoms with Crippen LogP contribution in [-0.2, 0) is 25.4 Å². The van der Waals surface area contributed by atoms with Crippen LogP contribution in [-0.4, -0.2) is 29.5 Å². The van der Waals surface area contributed by atoms with Gasteiger partial charge in [-0.05, 0) is 6.92 Å². The van der Waals surface area contributed by atoms with Crippen molar-refractivity contribution < 1.29 is 0 Å². The lowest BCUT2D eigenvalue weighted by Crippen LogP contribution is -2.08. The quantitative estimate of drug-likeness (QED) is 0.596. The number of nitrogens with zero attached hydrogens (tertiary/aromatic N) is 6. The number of aromatic nitrogens is 6. The summed E-state index contributed by atoms with van der Waals surface area (Å²) in [7, 11) is 0. The van der Waals surface area contributed by atoms with Crippen molar-refractivity contribution in [2.24, 2.45) is 5.73 Å². The van der Waals surface area contributed by atoms with Gasteiger partial charge in [-0.3, -0.25) is 0 Å². The largest absolute Gasteiger partial charge is 0.324 e. The van der Waals surface area contributed by atoms with Crippen molar-refractivity contribution in [3.05, 3.63) is 30.6 Å². The summed E-state index contributed by atoms with van der Waals surface area (Å²) in [5.41, 5.74) is 5.64. The van der Waals surface area contributed by atoms with E-state index < -0.39 is 0 Å². The van der Waals surface area contributed by atoms with Crippen molar-refractivity contribution in [1.29, 1.82) is 0 Å². The third-order valence-electron chi connectivity index (χ3n) is 2.65. The van der Waals surface area contributed by atoms with Crippen LogP contribution in [0, 0.1) is 0 Å². The monoisotopic (exact) mass is 279 g/mol. The molecule has 0 spiro atoms. The summed E-state index contributed by atoms with van der Waals surface area (Å²) in [6, 6.07) is 0. The molecular weight excluding hydrogens is 262 g/mol. The van der Waals surface area contributed by atoms with Gasteiger partial charge in [-0.1, -0.05) is 17.8 Å². The van der Waals surface area contributed by atoms with Crippen molar-refractivity contribution in [1.82, 2.24) is 29.5 Å². The Labute approximate surface area is 115 Å². The molecule has 0 atom stereocenters. The highest BCUT2D eigenvalue weighted by molar-refractivity contribution is 7.98. The molecular formula is C11H17N7S. The van der Waals surface area contributed by atoms with Gasteiger partial charge in [0.1, 0.15) is 18.0 Å². The molecule has 0 fully saturated rings. The van der Waals surface area contributed by atoms with E-state index in [9.17, 15) is 0 Å². The van der Waals surface area contributed by atoms with E-state index in [2.05, 4.69) is 33.9 Å². The molecule has 2 aromatic rings. The Morgan fingerprint density at radius 1 is 1.37 bits per heavy atom. The van der Waals surface area contributed by atoms with E-state index in [1.165, 1.54) is 0 Å². The predicted molar refractivity (Wildman–Crippen MR) is 73.4 cm³/mol. The van der Waals surface area contributed by atoms with Crippen molar-refractivity contribution in [3.63, 3.8) is 0 Å². The van der Waals surface area contributed by atoms with E-state index >= 15 is 0 Å². The Bertz CT molecular complexity index is 545. The van der Waals surface area contributed by atoms with Gasteiger partial charge in [-0.15, -0.1) is 27.0 Å². The first-order chi connectivity index (χ1) is 9.30. The van der Waals surface area contributed by atoms with E-state index in [0.29, 0.717) is 18.8 Å². The second-order valence-electron chi connectivity index (χ2n) is 3.82. The maximum atomic E-state index is 5.64. The first-order valence-corrected chi connectivity index (χ1v) is 7.01. The van der Waals surface area contributed by atoms with Crippen LogP contribution in [0.3, 0.4) is 0 Å². The molecule has 0 aliphatic rings. The Balaban J connectivity index is 2.11. The van der Waals surface area contributed by atoms with Gasteiger partial charge in [0.15, 0.2) is 5.16 Å². The van der Waals surface area contributed by atoms with E-state index in [4.69, 9.17) is 5.73 Å². The van der Waals surface area contributed by atoms with Gasteiger partial charge in [0.25, 0.3) is 0 Å². The van der Waals surface area contributed by atoms with Crippen LogP contribution < -0.4 is 5.73 Å². The highest BCUT2D eigenvalue weighted by Gasteiger charge is 2.12. The normalized spacial score (nSPS) is 10.8. The summed E-state index contributed by atoms with van der Waals surface area (Å²) in [6.45, 7) is 7.68. The Morgan fingerprint density at radius 2 is 2.21 bits per heavy atom. The first kappa shape index (κ1) is 13.8. The number of hydrogen-bond acceptors (Lipinski definition) is 6. The Hall–Kier alpha value is -1.67. The van der Waals surface area contributed by atoms with Crippen LogP contribution in [0.4, 0.5) is 0 Å². The lowest BCUT2D eigenvalue weighted by Gasteiger charge is -2.06. The van der Waals surface area contributed by atoms with Crippen LogP contribution in [0.2, 0.25) is 0 Å². The third-order valence-corrected chi connectivity index (χ3v) is 3.62. The summed E-state index contributed by atoms with van der Waals surface area (Å²) in [6.07, 6.45) is 3.54. The average Bonchev–Trinajstić information content (AvgIpc) is 3.03. The summed E-state index contributed by atoms with van der Waals surface area (Å²) >= 11 is 1.57. The molecule has 102 valence electrons. The van der Waals surface area contributed by atoms with Crippen LogP contribution in [0.25, 0.3) is 0 Å². The maximum Gasteiger partial charge on any atom is 0.191 e. The van der Waals surface area contributed by atoms with Crippen LogP contribution in [0.15, 0.2) is 24.1 Å². The molecule has 7 nitrogen and oxygen atoms in total. The smallest absolute Gasteiger partial charge is 0.191 e. The fourth-order valence-electron chi connectivity index (χ4n) is 1.67. The number of nitrogens with two attached hydrogens (primary N) is 1. The fraction of sp³-hybridized carbons (Fsp3) is 0.455. The molecule has 8 heteroatoms. The molecule has 19 heavy (non-hydrogen) atoms. The van der Waals surface area contributed by atoms with E-state index in [1.54, 1.807) is 24.2 Å². The highest BCUT2D eigenvalue weighted by atomic mass is 32.2. The van der Waals surface area contributed by atoms with Gasteiger partial charge in [-0.25, -0.2) is 0 Å². The van der Waals surface area contributed by atoms with Crippen LogP contribution >= 0.6 is 11.8 Å². The molecule has 0 saturated carbocycles. The van der Waals surface area contributed by atoms with Crippen molar-refractivity contribution in [2.75, 3.05) is 0 Å². The lowest BCUT2D eigenvalue weighted by atomic mass is 10.5. The zero-order chi connectivity index (χ0) is 13.7. The van der Waals surface area contributed by atoms with Gasteiger partial charge < -0.3 is 14.9 Å². The number of thioether (sulfide) groups is 1. The minimum absolute atomic E-state index is 0.368. The second kappa shape index (κ2) is 6.48. The summed E-state index contributed by atoms with van der Waals surface area (Å²) in [5.74, 6) is 2.39. The van der Waals surface area contributed by atoms with Gasteiger partial charge >= 0.3 is 0 Å². The molecule has 0 saturated heterocycles. The van der Waals surface area contributed by atoms with Gasteiger partial charge in [0.2, 0.25) is 0 Å². The minimum Gasteiger partial charge on any atom is -0.324 e. The van der Waals surface area contributed by atoms with Crippen molar-refractivity contribution in [2.45, 2.75) is 37.5 Å². The molecule has 0 amide bonds. The molecule has 2 aromatic heterocycles. The molecule has 2 rings (SSSR count). The molecule has 0 unspecified atom stereocenters. The maximum absolute atomic E-state index is 5.64. The molecule has 0 aliphatic carbocycles. The number of hydrogen-bond donors (Lipinski definition) is 1. The van der Waals surface area contributed by atoms with Gasteiger partial charge in [0.05, 0.1) is 12.3 Å². The van der Waals surface area contributed by atoms with Gasteiger partial charge in [0, 0.05) is 13.1 Å². The van der Waals surface area contributed by atoms with E-state index in [-0.39, 0.29) is 0 Å². The molecule has 0 bridgehead atoms. The molecule has 0 aliphatic heterocycles. The summed E-state index contributed by atoms with van der Waals surface area (Å²) < 4.78 is 3.97. The number of rotatable bonds is 7. The summed E-state index contributed by atoms with van der Waals surface area (Å²) in [4.78, 5) is 0. The zero-order valence-corrected chi connectivity index (χ0v) is 11.7. The van der Waals surface area contributed by atoms with Crippen molar-refractivity contribution >= 4 is 11.8 Å².